The Morgan fingerprint density at radius 2 is 1.71 bits per heavy atom. The molecule has 0 saturated carbocycles. The molecule has 0 fully saturated rings. The summed E-state index contributed by atoms with van der Waals surface area (Å²) in [5.74, 6) is -0.947. The molecule has 24 heavy (non-hydrogen) atoms. The van der Waals surface area contributed by atoms with Gasteiger partial charge in [-0.05, 0) is 48.9 Å². The second-order valence-corrected chi connectivity index (χ2v) is 5.24. The number of amides is 2. The normalized spacial score (nSPS) is 9.96. The number of aryl methyl sites for hydroxylation is 1. The number of hydrogen-bond acceptors (Lipinski definition) is 4. The molecule has 2 amide bonds. The molecule has 6 nitrogen and oxygen atoms in total. The maximum Gasteiger partial charge on any atom is 0.337 e. The van der Waals surface area contributed by atoms with E-state index in [2.05, 4.69) is 15.4 Å². The van der Waals surface area contributed by atoms with Gasteiger partial charge in [0.05, 0.1) is 12.7 Å². The molecule has 0 unspecified atom stereocenters. The highest BCUT2D eigenvalue weighted by Gasteiger charge is 2.11. The SMILES string of the molecule is COC(=O)c1ccc(NC(=O)c2cccc(NC(C)=O)c2)c(C)c1. The first-order valence-electron chi connectivity index (χ1n) is 7.28. The van der Waals surface area contributed by atoms with Crippen molar-refractivity contribution in [2.75, 3.05) is 17.7 Å². The summed E-state index contributed by atoms with van der Waals surface area (Å²) >= 11 is 0. The van der Waals surface area contributed by atoms with Crippen LogP contribution >= 0.6 is 0 Å². The number of carbonyl (C=O) groups is 3. The highest BCUT2D eigenvalue weighted by Crippen LogP contribution is 2.19. The molecule has 0 bridgehead atoms. The average Bonchev–Trinajstić information content (AvgIpc) is 2.55. The van der Waals surface area contributed by atoms with Crippen LogP contribution < -0.4 is 10.6 Å². The van der Waals surface area contributed by atoms with Crippen molar-refractivity contribution in [1.82, 2.24) is 0 Å². The van der Waals surface area contributed by atoms with E-state index in [1.165, 1.54) is 14.0 Å². The van der Waals surface area contributed by atoms with Crippen molar-refractivity contribution in [2.24, 2.45) is 0 Å². The number of benzene rings is 2. The van der Waals surface area contributed by atoms with Gasteiger partial charge in [-0.15, -0.1) is 0 Å². The van der Waals surface area contributed by atoms with E-state index in [4.69, 9.17) is 0 Å². The summed E-state index contributed by atoms with van der Waals surface area (Å²) in [6.07, 6.45) is 0. The molecule has 0 spiro atoms. The fraction of sp³-hybridized carbons (Fsp3) is 0.167. The fourth-order valence-electron chi connectivity index (χ4n) is 2.18. The summed E-state index contributed by atoms with van der Waals surface area (Å²) in [5, 5.41) is 5.42. The fourth-order valence-corrected chi connectivity index (χ4v) is 2.18. The van der Waals surface area contributed by atoms with Crippen molar-refractivity contribution < 1.29 is 19.1 Å². The Labute approximate surface area is 139 Å². The maximum absolute atomic E-state index is 12.4. The first-order chi connectivity index (χ1) is 11.4. The highest BCUT2D eigenvalue weighted by molar-refractivity contribution is 6.06. The van der Waals surface area contributed by atoms with Gasteiger partial charge in [0.25, 0.3) is 5.91 Å². The predicted molar refractivity (Wildman–Crippen MR) is 91.2 cm³/mol. The second-order valence-electron chi connectivity index (χ2n) is 5.24. The summed E-state index contributed by atoms with van der Waals surface area (Å²) < 4.78 is 4.67. The van der Waals surface area contributed by atoms with E-state index in [0.717, 1.165) is 5.56 Å². The van der Waals surface area contributed by atoms with Crippen molar-refractivity contribution in [1.29, 1.82) is 0 Å². The van der Waals surface area contributed by atoms with E-state index >= 15 is 0 Å². The van der Waals surface area contributed by atoms with E-state index in [1.54, 1.807) is 49.4 Å². The standard InChI is InChI=1S/C18H18N2O4/c1-11-9-14(18(23)24-3)7-8-16(11)20-17(22)13-5-4-6-15(10-13)19-12(2)21/h4-10H,1-3H3,(H,19,21)(H,20,22). The van der Waals surface area contributed by atoms with Crippen LogP contribution in [-0.2, 0) is 9.53 Å². The molecule has 6 heteroatoms. The molecule has 2 aromatic rings. The summed E-state index contributed by atoms with van der Waals surface area (Å²) in [5.41, 5.74) is 2.72. The molecule has 0 aliphatic heterocycles. The van der Waals surface area contributed by atoms with Crippen LogP contribution in [0.15, 0.2) is 42.5 Å². The zero-order valence-electron chi connectivity index (χ0n) is 13.7. The predicted octanol–water partition coefficient (Wildman–Crippen LogP) is 2.99. The highest BCUT2D eigenvalue weighted by atomic mass is 16.5. The topological polar surface area (TPSA) is 84.5 Å². The molecular weight excluding hydrogens is 308 g/mol. The summed E-state index contributed by atoms with van der Waals surface area (Å²) in [6, 6.07) is 11.5. The molecule has 0 aliphatic carbocycles. The summed E-state index contributed by atoms with van der Waals surface area (Å²) in [7, 11) is 1.31. The Morgan fingerprint density at radius 3 is 2.33 bits per heavy atom. The van der Waals surface area contributed by atoms with E-state index in [9.17, 15) is 14.4 Å². The first kappa shape index (κ1) is 17.2. The number of ether oxygens (including phenoxy) is 1. The van der Waals surface area contributed by atoms with Gasteiger partial charge in [0.2, 0.25) is 5.91 Å². The van der Waals surface area contributed by atoms with E-state index in [0.29, 0.717) is 22.5 Å². The van der Waals surface area contributed by atoms with Crippen LogP contribution in [0.2, 0.25) is 0 Å². The third-order valence-corrected chi connectivity index (χ3v) is 3.34. The van der Waals surface area contributed by atoms with Gasteiger partial charge in [-0.3, -0.25) is 9.59 Å². The van der Waals surface area contributed by atoms with Gasteiger partial charge in [-0.25, -0.2) is 4.79 Å². The van der Waals surface area contributed by atoms with E-state index < -0.39 is 5.97 Å². The third-order valence-electron chi connectivity index (χ3n) is 3.34. The molecule has 0 atom stereocenters. The van der Waals surface area contributed by atoms with Crippen LogP contribution in [0.4, 0.5) is 11.4 Å². The largest absolute Gasteiger partial charge is 0.465 e. The molecule has 0 heterocycles. The van der Waals surface area contributed by atoms with Crippen LogP contribution in [-0.4, -0.2) is 24.9 Å². The van der Waals surface area contributed by atoms with Gasteiger partial charge in [0, 0.05) is 23.9 Å². The van der Waals surface area contributed by atoms with Gasteiger partial charge in [-0.1, -0.05) is 6.07 Å². The molecule has 2 aromatic carbocycles. The van der Waals surface area contributed by atoms with Crippen LogP contribution in [0.3, 0.4) is 0 Å². The number of carbonyl (C=O) groups excluding carboxylic acids is 3. The minimum Gasteiger partial charge on any atom is -0.465 e. The molecule has 124 valence electrons. The van der Waals surface area contributed by atoms with Crippen LogP contribution in [0.25, 0.3) is 0 Å². The quantitative estimate of drug-likeness (QED) is 0.846. The smallest absolute Gasteiger partial charge is 0.337 e. The third kappa shape index (κ3) is 4.19. The van der Waals surface area contributed by atoms with Crippen molar-refractivity contribution in [3.05, 3.63) is 59.2 Å². The van der Waals surface area contributed by atoms with Crippen molar-refractivity contribution >= 4 is 29.2 Å². The molecule has 0 aromatic heterocycles. The van der Waals surface area contributed by atoms with E-state index in [1.807, 2.05) is 0 Å². The monoisotopic (exact) mass is 326 g/mol. The number of nitrogens with one attached hydrogen (secondary N) is 2. The number of esters is 1. The number of hydrogen-bond donors (Lipinski definition) is 2. The number of methoxy groups -OCH3 is 1. The Morgan fingerprint density at radius 1 is 0.958 bits per heavy atom. The first-order valence-corrected chi connectivity index (χ1v) is 7.28. The minimum atomic E-state index is -0.431. The van der Waals surface area contributed by atoms with Crippen LogP contribution in [0.5, 0.6) is 0 Å². The van der Waals surface area contributed by atoms with E-state index in [-0.39, 0.29) is 11.8 Å². The van der Waals surface area contributed by atoms with Crippen molar-refractivity contribution in [3.63, 3.8) is 0 Å². The number of anilines is 2. The Balaban J connectivity index is 2.18. The van der Waals surface area contributed by atoms with Gasteiger partial charge in [0.15, 0.2) is 0 Å². The molecule has 0 radical (unpaired) electrons. The summed E-state index contributed by atoms with van der Waals surface area (Å²) in [6.45, 7) is 3.19. The molecular formula is C18H18N2O4. The molecule has 0 saturated heterocycles. The zero-order chi connectivity index (χ0) is 17.7. The average molecular weight is 326 g/mol. The Hall–Kier alpha value is -3.15. The summed E-state index contributed by atoms with van der Waals surface area (Å²) in [4.78, 5) is 35.0. The van der Waals surface area contributed by atoms with Gasteiger partial charge >= 0.3 is 5.97 Å². The number of rotatable bonds is 4. The van der Waals surface area contributed by atoms with Crippen molar-refractivity contribution in [2.45, 2.75) is 13.8 Å². The lowest BCUT2D eigenvalue weighted by atomic mass is 10.1. The van der Waals surface area contributed by atoms with Crippen LogP contribution in [0, 0.1) is 6.92 Å². The van der Waals surface area contributed by atoms with Crippen molar-refractivity contribution in [3.8, 4) is 0 Å². The lowest BCUT2D eigenvalue weighted by Gasteiger charge is -2.10. The molecule has 0 aliphatic rings. The molecule has 2 N–H and O–H groups in total. The lowest BCUT2D eigenvalue weighted by Crippen LogP contribution is -2.14. The van der Waals surface area contributed by atoms with Gasteiger partial charge in [0.1, 0.15) is 0 Å². The Kier molecular flexibility index (Phi) is 5.31. The van der Waals surface area contributed by atoms with Gasteiger partial charge < -0.3 is 15.4 Å². The maximum atomic E-state index is 12.4. The minimum absolute atomic E-state index is 0.207. The van der Waals surface area contributed by atoms with Crippen LogP contribution in [0.1, 0.15) is 33.2 Å². The van der Waals surface area contributed by atoms with Gasteiger partial charge in [-0.2, -0.15) is 0 Å². The Bertz CT molecular complexity index is 799. The zero-order valence-corrected chi connectivity index (χ0v) is 13.7. The molecule has 2 rings (SSSR count). The lowest BCUT2D eigenvalue weighted by molar-refractivity contribution is -0.114. The second kappa shape index (κ2) is 7.41.